The number of anilines is 2. The predicted octanol–water partition coefficient (Wildman–Crippen LogP) is 1.52. The van der Waals surface area contributed by atoms with Gasteiger partial charge in [-0.15, -0.1) is 0 Å². The SMILES string of the molecule is CCN1CCN(c2cc(CNC(=NC)N3CCN(c4ccccn4)CC3)ccn2)CC1. The zero-order chi connectivity index (χ0) is 21.5. The van der Waals surface area contributed by atoms with Gasteiger partial charge in [-0.2, -0.15) is 0 Å². The van der Waals surface area contributed by atoms with Crippen LogP contribution < -0.4 is 15.1 Å². The summed E-state index contributed by atoms with van der Waals surface area (Å²) in [4.78, 5) is 23.1. The number of nitrogens with zero attached hydrogens (tertiary/aromatic N) is 7. The molecule has 31 heavy (non-hydrogen) atoms. The average molecular weight is 423 g/mol. The summed E-state index contributed by atoms with van der Waals surface area (Å²) in [5, 5.41) is 3.54. The molecule has 2 fully saturated rings. The van der Waals surface area contributed by atoms with Gasteiger partial charge in [-0.25, -0.2) is 9.97 Å². The number of piperazine rings is 2. The molecule has 8 nitrogen and oxygen atoms in total. The maximum absolute atomic E-state index is 4.62. The van der Waals surface area contributed by atoms with E-state index in [1.807, 2.05) is 31.6 Å². The zero-order valence-electron chi connectivity index (χ0n) is 18.7. The number of hydrogen-bond donors (Lipinski definition) is 1. The Morgan fingerprint density at radius 2 is 1.61 bits per heavy atom. The standard InChI is InChI=1S/C23H34N8/c1-3-28-10-12-30(13-11-28)22-18-20(7-9-26-22)19-27-23(24-2)31-16-14-29(15-17-31)21-6-4-5-8-25-21/h4-9,18H,3,10-17,19H2,1-2H3,(H,24,27). The fraction of sp³-hybridized carbons (Fsp3) is 0.522. The van der Waals surface area contributed by atoms with Crippen molar-refractivity contribution in [3.63, 3.8) is 0 Å². The molecule has 0 bridgehead atoms. The number of hydrogen-bond acceptors (Lipinski definition) is 6. The minimum atomic E-state index is 0.748. The van der Waals surface area contributed by atoms with Crippen LogP contribution in [0.2, 0.25) is 0 Å². The van der Waals surface area contributed by atoms with Crippen molar-refractivity contribution in [1.82, 2.24) is 25.1 Å². The Balaban J connectivity index is 1.29. The molecule has 2 aromatic heterocycles. The second-order valence-corrected chi connectivity index (χ2v) is 8.01. The first-order valence-electron chi connectivity index (χ1n) is 11.3. The molecule has 0 unspecified atom stereocenters. The Labute approximate surface area is 185 Å². The van der Waals surface area contributed by atoms with Crippen LogP contribution in [0.3, 0.4) is 0 Å². The first-order valence-corrected chi connectivity index (χ1v) is 11.3. The summed E-state index contributed by atoms with van der Waals surface area (Å²) in [5.41, 5.74) is 1.23. The number of rotatable bonds is 5. The first-order chi connectivity index (χ1) is 15.3. The van der Waals surface area contributed by atoms with Gasteiger partial charge in [0.15, 0.2) is 5.96 Å². The minimum Gasteiger partial charge on any atom is -0.354 e. The number of guanidine groups is 1. The van der Waals surface area contributed by atoms with Gasteiger partial charge in [0.25, 0.3) is 0 Å². The molecule has 2 aliphatic rings. The van der Waals surface area contributed by atoms with E-state index in [4.69, 9.17) is 0 Å². The molecule has 2 aromatic rings. The van der Waals surface area contributed by atoms with Gasteiger partial charge in [-0.3, -0.25) is 4.99 Å². The van der Waals surface area contributed by atoms with Crippen LogP contribution in [-0.2, 0) is 6.54 Å². The molecule has 1 N–H and O–H groups in total. The normalized spacial score (nSPS) is 18.4. The van der Waals surface area contributed by atoms with Crippen molar-refractivity contribution < 1.29 is 0 Å². The largest absolute Gasteiger partial charge is 0.354 e. The van der Waals surface area contributed by atoms with Gasteiger partial charge in [-0.05, 0) is 36.4 Å². The number of aliphatic imine (C=N–C) groups is 1. The van der Waals surface area contributed by atoms with Crippen molar-refractivity contribution in [2.45, 2.75) is 13.5 Å². The molecule has 8 heteroatoms. The summed E-state index contributed by atoms with van der Waals surface area (Å²) < 4.78 is 0. The van der Waals surface area contributed by atoms with Crippen molar-refractivity contribution in [1.29, 1.82) is 0 Å². The summed E-state index contributed by atoms with van der Waals surface area (Å²) in [6.45, 7) is 12.2. The third-order valence-corrected chi connectivity index (χ3v) is 6.17. The van der Waals surface area contributed by atoms with Crippen LogP contribution in [0.25, 0.3) is 0 Å². The Morgan fingerprint density at radius 3 is 2.29 bits per heavy atom. The van der Waals surface area contributed by atoms with E-state index in [0.29, 0.717) is 0 Å². The smallest absolute Gasteiger partial charge is 0.194 e. The lowest BCUT2D eigenvalue weighted by Crippen LogP contribution is -2.52. The molecular formula is C23H34N8. The van der Waals surface area contributed by atoms with Crippen molar-refractivity contribution in [2.24, 2.45) is 4.99 Å². The number of nitrogens with one attached hydrogen (secondary N) is 1. The van der Waals surface area contributed by atoms with Crippen molar-refractivity contribution in [3.05, 3.63) is 48.3 Å². The predicted molar refractivity (Wildman–Crippen MR) is 127 cm³/mol. The highest BCUT2D eigenvalue weighted by atomic mass is 15.4. The molecule has 0 aliphatic carbocycles. The lowest BCUT2D eigenvalue weighted by atomic mass is 10.2. The molecule has 0 atom stereocenters. The highest BCUT2D eigenvalue weighted by Crippen LogP contribution is 2.16. The highest BCUT2D eigenvalue weighted by Gasteiger charge is 2.21. The van der Waals surface area contributed by atoms with Crippen LogP contribution in [0.15, 0.2) is 47.7 Å². The summed E-state index contributed by atoms with van der Waals surface area (Å²) in [6.07, 6.45) is 3.78. The maximum atomic E-state index is 4.62. The topological polar surface area (TPSA) is 63.1 Å². The molecule has 166 valence electrons. The fourth-order valence-electron chi connectivity index (χ4n) is 4.24. The first kappa shape index (κ1) is 21.4. The lowest BCUT2D eigenvalue weighted by molar-refractivity contribution is 0.270. The van der Waals surface area contributed by atoms with E-state index >= 15 is 0 Å². The van der Waals surface area contributed by atoms with Gasteiger partial charge >= 0.3 is 0 Å². The van der Waals surface area contributed by atoms with Crippen molar-refractivity contribution in [3.8, 4) is 0 Å². The molecule has 4 heterocycles. The third-order valence-electron chi connectivity index (χ3n) is 6.17. The summed E-state index contributed by atoms with van der Waals surface area (Å²) in [7, 11) is 1.86. The van der Waals surface area contributed by atoms with Gasteiger partial charge in [0.1, 0.15) is 11.6 Å². The van der Waals surface area contributed by atoms with Gasteiger partial charge in [0.2, 0.25) is 0 Å². The van der Waals surface area contributed by atoms with Crippen molar-refractivity contribution >= 4 is 17.6 Å². The summed E-state index contributed by atoms with van der Waals surface area (Å²) in [5.74, 6) is 3.08. The second kappa shape index (κ2) is 10.4. The van der Waals surface area contributed by atoms with Gasteiger partial charge < -0.3 is 24.9 Å². The van der Waals surface area contributed by atoms with Crippen LogP contribution in [0.5, 0.6) is 0 Å². The second-order valence-electron chi connectivity index (χ2n) is 8.01. The Bertz CT molecular complexity index is 840. The molecule has 4 rings (SSSR count). The molecule has 0 amide bonds. The van der Waals surface area contributed by atoms with E-state index in [-0.39, 0.29) is 0 Å². The van der Waals surface area contributed by atoms with E-state index in [9.17, 15) is 0 Å². The van der Waals surface area contributed by atoms with Gasteiger partial charge in [0.05, 0.1) is 0 Å². The summed E-state index contributed by atoms with van der Waals surface area (Å²) in [6, 6.07) is 10.4. The highest BCUT2D eigenvalue weighted by molar-refractivity contribution is 5.80. The molecule has 0 aromatic carbocycles. The quantitative estimate of drug-likeness (QED) is 0.579. The van der Waals surface area contributed by atoms with E-state index < -0.39 is 0 Å². The van der Waals surface area contributed by atoms with Crippen LogP contribution in [0.4, 0.5) is 11.6 Å². The third kappa shape index (κ3) is 5.44. The van der Waals surface area contributed by atoms with Crippen molar-refractivity contribution in [2.75, 3.05) is 75.8 Å². The van der Waals surface area contributed by atoms with E-state index in [0.717, 1.165) is 83.0 Å². The monoisotopic (exact) mass is 422 g/mol. The fourth-order valence-corrected chi connectivity index (χ4v) is 4.24. The van der Waals surface area contributed by atoms with Crippen LogP contribution in [-0.4, -0.2) is 91.7 Å². The Morgan fingerprint density at radius 1 is 0.903 bits per heavy atom. The van der Waals surface area contributed by atoms with Crippen LogP contribution in [0, 0.1) is 0 Å². The van der Waals surface area contributed by atoms with E-state index in [1.165, 1.54) is 5.56 Å². The van der Waals surface area contributed by atoms with E-state index in [2.05, 4.69) is 65.0 Å². The summed E-state index contributed by atoms with van der Waals surface area (Å²) >= 11 is 0. The zero-order valence-corrected chi connectivity index (χ0v) is 18.7. The number of pyridine rings is 2. The average Bonchev–Trinajstić information content (AvgIpc) is 2.85. The van der Waals surface area contributed by atoms with Crippen LogP contribution >= 0.6 is 0 Å². The van der Waals surface area contributed by atoms with Gasteiger partial charge in [0, 0.05) is 78.3 Å². The molecule has 0 radical (unpaired) electrons. The Hall–Kier alpha value is -2.87. The molecule has 2 saturated heterocycles. The van der Waals surface area contributed by atoms with E-state index in [1.54, 1.807) is 0 Å². The molecule has 0 saturated carbocycles. The Kier molecular flexibility index (Phi) is 7.19. The number of aromatic nitrogens is 2. The van der Waals surface area contributed by atoms with Crippen LogP contribution in [0.1, 0.15) is 12.5 Å². The molecule has 0 spiro atoms. The number of likely N-dealkylation sites (N-methyl/N-ethyl adjacent to an activating group) is 1. The molecule has 2 aliphatic heterocycles. The van der Waals surface area contributed by atoms with Gasteiger partial charge in [-0.1, -0.05) is 13.0 Å². The minimum absolute atomic E-state index is 0.748. The lowest BCUT2D eigenvalue weighted by Gasteiger charge is -2.37. The maximum Gasteiger partial charge on any atom is 0.194 e. The molecular weight excluding hydrogens is 388 g/mol.